The van der Waals surface area contributed by atoms with Crippen molar-refractivity contribution in [1.82, 2.24) is 4.98 Å². The molecule has 0 aliphatic heterocycles. The third-order valence-electron chi connectivity index (χ3n) is 4.06. The number of benzene rings is 3. The number of fused-ring (bicyclic) bond motifs is 1. The molecule has 128 valence electrons. The first-order valence-electron chi connectivity index (χ1n) is 8.14. The molecule has 5 heteroatoms. The summed E-state index contributed by atoms with van der Waals surface area (Å²) < 4.78 is 18.9. The van der Waals surface area contributed by atoms with Crippen molar-refractivity contribution >= 4 is 22.7 Å². The van der Waals surface area contributed by atoms with Gasteiger partial charge in [0.05, 0.1) is 11.3 Å². The van der Waals surface area contributed by atoms with Crippen LogP contribution >= 0.6 is 0 Å². The number of halogens is 1. The number of carbonyl (C=O) groups is 1. The normalized spacial score (nSPS) is 10.8. The van der Waals surface area contributed by atoms with Crippen molar-refractivity contribution in [2.75, 3.05) is 5.32 Å². The Morgan fingerprint density at radius 1 is 1.04 bits per heavy atom. The molecule has 4 aromatic rings. The number of amides is 1. The van der Waals surface area contributed by atoms with E-state index in [1.54, 1.807) is 6.07 Å². The van der Waals surface area contributed by atoms with Crippen LogP contribution < -0.4 is 5.32 Å². The molecule has 0 aliphatic rings. The van der Waals surface area contributed by atoms with Crippen molar-refractivity contribution in [2.45, 2.75) is 6.92 Å². The van der Waals surface area contributed by atoms with Gasteiger partial charge in [-0.15, -0.1) is 0 Å². The Morgan fingerprint density at radius 2 is 1.81 bits per heavy atom. The van der Waals surface area contributed by atoms with Crippen LogP contribution in [0.15, 0.2) is 71.1 Å². The molecule has 26 heavy (non-hydrogen) atoms. The lowest BCUT2D eigenvalue weighted by atomic mass is 10.1. The predicted molar refractivity (Wildman–Crippen MR) is 98.5 cm³/mol. The summed E-state index contributed by atoms with van der Waals surface area (Å²) in [5, 5.41) is 2.84. The lowest BCUT2D eigenvalue weighted by Crippen LogP contribution is -2.12. The van der Waals surface area contributed by atoms with Crippen molar-refractivity contribution in [1.29, 1.82) is 0 Å². The van der Waals surface area contributed by atoms with Crippen molar-refractivity contribution in [2.24, 2.45) is 0 Å². The minimum atomic E-state index is -0.385. The van der Waals surface area contributed by atoms with E-state index >= 15 is 0 Å². The molecule has 0 spiro atoms. The number of rotatable bonds is 3. The number of nitrogens with one attached hydrogen (secondary N) is 1. The molecule has 0 radical (unpaired) electrons. The lowest BCUT2D eigenvalue weighted by Gasteiger charge is -2.08. The summed E-state index contributed by atoms with van der Waals surface area (Å²) in [5.74, 6) is -0.284. The van der Waals surface area contributed by atoms with E-state index < -0.39 is 0 Å². The van der Waals surface area contributed by atoms with E-state index in [9.17, 15) is 9.18 Å². The van der Waals surface area contributed by atoms with E-state index in [1.165, 1.54) is 24.3 Å². The summed E-state index contributed by atoms with van der Waals surface area (Å²) in [5.41, 5.74) is 4.16. The molecule has 1 aromatic heterocycles. The highest BCUT2D eigenvalue weighted by molar-refractivity contribution is 6.06. The fourth-order valence-corrected chi connectivity index (χ4v) is 2.73. The molecule has 0 saturated heterocycles. The summed E-state index contributed by atoms with van der Waals surface area (Å²) in [7, 11) is 0. The molecule has 4 rings (SSSR count). The van der Waals surface area contributed by atoms with Crippen LogP contribution in [-0.2, 0) is 0 Å². The molecule has 0 saturated carbocycles. The number of aromatic nitrogens is 1. The average Bonchev–Trinajstić information content (AvgIpc) is 3.05. The third-order valence-corrected chi connectivity index (χ3v) is 4.06. The number of para-hydroxylation sites is 1. The summed E-state index contributed by atoms with van der Waals surface area (Å²) in [6.45, 7) is 1.99. The quantitative estimate of drug-likeness (QED) is 0.555. The van der Waals surface area contributed by atoms with Crippen LogP contribution in [0, 0.1) is 12.7 Å². The number of hydrogen-bond donors (Lipinski definition) is 1. The van der Waals surface area contributed by atoms with E-state index in [0.29, 0.717) is 28.3 Å². The van der Waals surface area contributed by atoms with E-state index in [2.05, 4.69) is 10.3 Å². The smallest absolute Gasteiger partial charge is 0.255 e. The van der Waals surface area contributed by atoms with Gasteiger partial charge in [0, 0.05) is 5.56 Å². The van der Waals surface area contributed by atoms with Crippen LogP contribution in [-0.4, -0.2) is 10.9 Å². The number of hydrogen-bond acceptors (Lipinski definition) is 3. The average molecular weight is 346 g/mol. The van der Waals surface area contributed by atoms with Gasteiger partial charge in [-0.05, 0) is 61.0 Å². The number of anilines is 1. The Balaban J connectivity index is 1.69. The van der Waals surface area contributed by atoms with Gasteiger partial charge in [0.25, 0.3) is 5.91 Å². The van der Waals surface area contributed by atoms with E-state index in [0.717, 1.165) is 11.1 Å². The molecular weight excluding hydrogens is 331 g/mol. The molecule has 4 nitrogen and oxygen atoms in total. The zero-order chi connectivity index (χ0) is 18.1. The molecular formula is C21H15FN2O2. The predicted octanol–water partition coefficient (Wildman–Crippen LogP) is 5.19. The van der Waals surface area contributed by atoms with Crippen LogP contribution in [0.4, 0.5) is 10.1 Å². The highest BCUT2D eigenvalue weighted by Gasteiger charge is 2.15. The topological polar surface area (TPSA) is 55.1 Å². The van der Waals surface area contributed by atoms with Gasteiger partial charge in [-0.25, -0.2) is 9.37 Å². The molecule has 0 bridgehead atoms. The largest absolute Gasteiger partial charge is 0.436 e. The van der Waals surface area contributed by atoms with Crippen molar-refractivity contribution in [3.8, 4) is 11.5 Å². The van der Waals surface area contributed by atoms with Gasteiger partial charge in [0.1, 0.15) is 11.3 Å². The molecule has 3 aromatic carbocycles. The standard InChI is InChI=1S/C21H15FN2O2/c1-13-6-11-19-18(12-13)24-21(26-19)16-4-2-3-5-17(16)23-20(25)14-7-9-15(22)10-8-14/h2-12H,1H3,(H,23,25). The molecule has 0 atom stereocenters. The Morgan fingerprint density at radius 3 is 2.62 bits per heavy atom. The maximum atomic E-state index is 13.0. The van der Waals surface area contributed by atoms with Gasteiger partial charge in [0.15, 0.2) is 5.58 Å². The van der Waals surface area contributed by atoms with E-state index in [1.807, 2.05) is 43.3 Å². The molecule has 0 aliphatic carbocycles. The minimum Gasteiger partial charge on any atom is -0.436 e. The van der Waals surface area contributed by atoms with Crippen LogP contribution in [0.2, 0.25) is 0 Å². The second kappa shape index (κ2) is 6.44. The van der Waals surface area contributed by atoms with Gasteiger partial charge in [-0.1, -0.05) is 18.2 Å². The fraction of sp³-hybridized carbons (Fsp3) is 0.0476. The molecule has 0 fully saturated rings. The number of oxazole rings is 1. The van der Waals surface area contributed by atoms with Crippen LogP contribution in [0.5, 0.6) is 0 Å². The van der Waals surface area contributed by atoms with Crippen molar-refractivity contribution < 1.29 is 13.6 Å². The Kier molecular flexibility index (Phi) is 3.97. The van der Waals surface area contributed by atoms with Gasteiger partial charge in [0.2, 0.25) is 5.89 Å². The fourth-order valence-electron chi connectivity index (χ4n) is 2.73. The van der Waals surface area contributed by atoms with Gasteiger partial charge >= 0.3 is 0 Å². The summed E-state index contributed by atoms with van der Waals surface area (Å²) >= 11 is 0. The maximum absolute atomic E-state index is 13.0. The molecule has 1 N–H and O–H groups in total. The molecule has 1 amide bonds. The maximum Gasteiger partial charge on any atom is 0.255 e. The highest BCUT2D eigenvalue weighted by atomic mass is 19.1. The van der Waals surface area contributed by atoms with Crippen molar-refractivity contribution in [3.63, 3.8) is 0 Å². The zero-order valence-corrected chi connectivity index (χ0v) is 14.0. The molecule has 1 heterocycles. The minimum absolute atomic E-state index is 0.329. The van der Waals surface area contributed by atoms with Crippen LogP contribution in [0.1, 0.15) is 15.9 Å². The van der Waals surface area contributed by atoms with Crippen molar-refractivity contribution in [3.05, 3.63) is 83.7 Å². The third kappa shape index (κ3) is 3.07. The first-order chi connectivity index (χ1) is 12.6. The second-order valence-electron chi connectivity index (χ2n) is 6.00. The van der Waals surface area contributed by atoms with Gasteiger partial charge < -0.3 is 9.73 Å². The second-order valence-corrected chi connectivity index (χ2v) is 6.00. The Hall–Kier alpha value is -3.47. The SMILES string of the molecule is Cc1ccc2oc(-c3ccccc3NC(=O)c3ccc(F)cc3)nc2c1. The van der Waals surface area contributed by atoms with Crippen LogP contribution in [0.3, 0.4) is 0 Å². The number of carbonyl (C=O) groups excluding carboxylic acids is 1. The summed E-state index contributed by atoms with van der Waals surface area (Å²) in [4.78, 5) is 17.0. The number of nitrogens with zero attached hydrogens (tertiary/aromatic N) is 1. The Labute approximate surface area is 149 Å². The molecule has 0 unspecified atom stereocenters. The monoisotopic (exact) mass is 346 g/mol. The van der Waals surface area contributed by atoms with E-state index in [-0.39, 0.29) is 11.7 Å². The highest BCUT2D eigenvalue weighted by Crippen LogP contribution is 2.30. The zero-order valence-electron chi connectivity index (χ0n) is 14.0. The first-order valence-corrected chi connectivity index (χ1v) is 8.14. The van der Waals surface area contributed by atoms with Gasteiger partial charge in [-0.2, -0.15) is 0 Å². The Bertz CT molecular complexity index is 1100. The van der Waals surface area contributed by atoms with E-state index in [4.69, 9.17) is 4.42 Å². The lowest BCUT2D eigenvalue weighted by molar-refractivity contribution is 0.102. The first kappa shape index (κ1) is 16.0. The van der Waals surface area contributed by atoms with Gasteiger partial charge in [-0.3, -0.25) is 4.79 Å². The van der Waals surface area contributed by atoms with Crippen LogP contribution in [0.25, 0.3) is 22.6 Å². The summed E-state index contributed by atoms with van der Waals surface area (Å²) in [6.07, 6.45) is 0. The summed E-state index contributed by atoms with van der Waals surface area (Å²) in [6, 6.07) is 18.4. The number of aryl methyl sites for hydroxylation is 1.